The van der Waals surface area contributed by atoms with Gasteiger partial charge in [-0.3, -0.25) is 14.5 Å². The van der Waals surface area contributed by atoms with Gasteiger partial charge in [0.25, 0.3) is 0 Å². The molecule has 0 bridgehead atoms. The van der Waals surface area contributed by atoms with Crippen LogP contribution >= 0.6 is 22.6 Å². The van der Waals surface area contributed by atoms with Crippen LogP contribution in [0.2, 0.25) is 0 Å². The lowest BCUT2D eigenvalue weighted by atomic mass is 9.88. The van der Waals surface area contributed by atoms with Crippen molar-refractivity contribution in [3.05, 3.63) is 27.8 Å². The largest absolute Gasteiger partial charge is 0.480 e. The Bertz CT molecular complexity index is 549. The monoisotopic (exact) mass is 402 g/mol. The van der Waals surface area contributed by atoms with Gasteiger partial charge in [-0.05, 0) is 73.5 Å². The van der Waals surface area contributed by atoms with Gasteiger partial charge in [-0.1, -0.05) is 6.07 Å². The summed E-state index contributed by atoms with van der Waals surface area (Å²) >= 11 is 2.18. The molecule has 0 spiro atoms. The number of nitrogens with zero attached hydrogens (tertiary/aromatic N) is 1. The first-order valence-corrected chi connectivity index (χ1v) is 8.03. The average Bonchev–Trinajstić information content (AvgIpc) is 2.41. The van der Waals surface area contributed by atoms with Crippen LogP contribution in [0.25, 0.3) is 0 Å². The molecule has 1 amide bonds. The van der Waals surface area contributed by atoms with Crippen LogP contribution in [0.3, 0.4) is 0 Å². The number of hydrogen-bond acceptors (Lipinski definition) is 3. The summed E-state index contributed by atoms with van der Waals surface area (Å²) in [7, 11) is 0. The first-order valence-electron chi connectivity index (χ1n) is 6.96. The molecule has 1 atom stereocenters. The molecule has 1 fully saturated rings. The predicted octanol–water partition coefficient (Wildman–Crippen LogP) is 2.56. The number of aliphatic carboxylic acids is 1. The number of rotatable bonds is 4. The Morgan fingerprint density at radius 3 is 2.86 bits per heavy atom. The Morgan fingerprint density at radius 1 is 1.43 bits per heavy atom. The third-order valence-corrected chi connectivity index (χ3v) is 4.61. The van der Waals surface area contributed by atoms with E-state index in [1.54, 1.807) is 11.8 Å². The number of hydrogen-bond donors (Lipinski definition) is 2. The highest BCUT2D eigenvalue weighted by Gasteiger charge is 2.41. The lowest BCUT2D eigenvalue weighted by Crippen LogP contribution is -2.57. The van der Waals surface area contributed by atoms with Gasteiger partial charge in [-0.25, -0.2) is 0 Å². The van der Waals surface area contributed by atoms with Crippen molar-refractivity contribution >= 4 is 40.2 Å². The van der Waals surface area contributed by atoms with E-state index in [1.165, 1.54) is 0 Å². The predicted molar refractivity (Wildman–Crippen MR) is 89.3 cm³/mol. The summed E-state index contributed by atoms with van der Waals surface area (Å²) < 4.78 is 1.04. The van der Waals surface area contributed by atoms with Crippen LogP contribution < -0.4 is 5.32 Å². The van der Waals surface area contributed by atoms with E-state index in [9.17, 15) is 14.7 Å². The molecule has 0 radical (unpaired) electrons. The Hall–Kier alpha value is -1.15. The molecule has 1 saturated heterocycles. The minimum absolute atomic E-state index is 0.105. The lowest BCUT2D eigenvalue weighted by Gasteiger charge is -2.41. The van der Waals surface area contributed by atoms with Crippen molar-refractivity contribution in [2.75, 3.05) is 18.4 Å². The number of benzene rings is 1. The summed E-state index contributed by atoms with van der Waals surface area (Å²) in [6.45, 7) is 2.45. The highest BCUT2D eigenvalue weighted by molar-refractivity contribution is 14.1. The van der Waals surface area contributed by atoms with Crippen LogP contribution in [-0.2, 0) is 9.59 Å². The molecule has 0 aromatic heterocycles. The van der Waals surface area contributed by atoms with E-state index < -0.39 is 11.5 Å². The number of carboxylic acids is 1. The molecule has 1 aliphatic heterocycles. The van der Waals surface area contributed by atoms with Gasteiger partial charge in [-0.2, -0.15) is 0 Å². The van der Waals surface area contributed by atoms with Crippen molar-refractivity contribution in [1.29, 1.82) is 0 Å². The zero-order chi connectivity index (χ0) is 15.5. The van der Waals surface area contributed by atoms with E-state index >= 15 is 0 Å². The SMILES string of the molecule is CC1(C(=O)O)CCCCN1CC(=O)Nc1cccc(I)c1. The molecule has 1 aromatic rings. The molecule has 6 heteroatoms. The molecular formula is C15H19IN2O3. The molecule has 1 unspecified atom stereocenters. The van der Waals surface area contributed by atoms with Crippen molar-refractivity contribution in [2.24, 2.45) is 0 Å². The number of carbonyl (C=O) groups excluding carboxylic acids is 1. The maximum atomic E-state index is 12.2. The van der Waals surface area contributed by atoms with E-state index in [0.29, 0.717) is 13.0 Å². The number of likely N-dealkylation sites (tertiary alicyclic amines) is 1. The fraction of sp³-hybridized carbons (Fsp3) is 0.467. The molecule has 2 N–H and O–H groups in total. The van der Waals surface area contributed by atoms with Crippen molar-refractivity contribution in [1.82, 2.24) is 4.90 Å². The van der Waals surface area contributed by atoms with E-state index in [1.807, 2.05) is 24.3 Å². The Balaban J connectivity index is 2.02. The summed E-state index contributed by atoms with van der Waals surface area (Å²) in [4.78, 5) is 25.4. The molecule has 5 nitrogen and oxygen atoms in total. The molecule has 21 heavy (non-hydrogen) atoms. The van der Waals surface area contributed by atoms with Gasteiger partial charge in [0.1, 0.15) is 5.54 Å². The fourth-order valence-electron chi connectivity index (χ4n) is 2.61. The molecular weight excluding hydrogens is 383 g/mol. The van der Waals surface area contributed by atoms with Gasteiger partial charge in [0, 0.05) is 9.26 Å². The van der Waals surface area contributed by atoms with Gasteiger partial charge in [0.05, 0.1) is 6.54 Å². The fourth-order valence-corrected chi connectivity index (χ4v) is 3.16. The van der Waals surface area contributed by atoms with Gasteiger partial charge in [0.2, 0.25) is 5.91 Å². The van der Waals surface area contributed by atoms with Crippen LogP contribution in [-0.4, -0.2) is 40.5 Å². The summed E-state index contributed by atoms with van der Waals surface area (Å²) in [5.41, 5.74) is -0.207. The maximum absolute atomic E-state index is 12.2. The number of piperidine rings is 1. The van der Waals surface area contributed by atoms with Crippen LogP contribution in [0, 0.1) is 3.57 Å². The zero-order valence-corrected chi connectivity index (χ0v) is 14.1. The first kappa shape index (κ1) is 16.2. The number of carbonyl (C=O) groups is 2. The summed E-state index contributed by atoms with van der Waals surface area (Å²) in [5, 5.41) is 12.3. The summed E-state index contributed by atoms with van der Waals surface area (Å²) in [5.74, 6) is -1.03. The number of amides is 1. The van der Waals surface area contributed by atoms with E-state index in [0.717, 1.165) is 22.1 Å². The van der Waals surface area contributed by atoms with E-state index in [-0.39, 0.29) is 12.5 Å². The third-order valence-electron chi connectivity index (χ3n) is 3.94. The van der Waals surface area contributed by atoms with Crippen molar-refractivity contribution in [3.8, 4) is 0 Å². The quantitative estimate of drug-likeness (QED) is 0.760. The molecule has 114 valence electrons. The summed E-state index contributed by atoms with van der Waals surface area (Å²) in [6, 6.07) is 7.53. The highest BCUT2D eigenvalue weighted by Crippen LogP contribution is 2.28. The van der Waals surface area contributed by atoms with Crippen LogP contribution in [0.4, 0.5) is 5.69 Å². The van der Waals surface area contributed by atoms with Crippen LogP contribution in [0.1, 0.15) is 26.2 Å². The number of anilines is 1. The molecule has 1 aromatic carbocycles. The maximum Gasteiger partial charge on any atom is 0.323 e. The second kappa shape index (κ2) is 6.74. The second-order valence-corrected chi connectivity index (χ2v) is 6.76. The minimum atomic E-state index is -0.944. The van der Waals surface area contributed by atoms with Gasteiger partial charge >= 0.3 is 5.97 Å². The minimum Gasteiger partial charge on any atom is -0.480 e. The van der Waals surface area contributed by atoms with Gasteiger partial charge in [0.15, 0.2) is 0 Å². The van der Waals surface area contributed by atoms with Crippen molar-refractivity contribution < 1.29 is 14.7 Å². The standard InChI is InChI=1S/C15H19IN2O3/c1-15(14(20)21)7-2-3-8-18(15)10-13(19)17-12-6-4-5-11(16)9-12/h4-6,9H,2-3,7-8,10H2,1H3,(H,17,19)(H,20,21). The molecule has 0 aliphatic carbocycles. The van der Waals surface area contributed by atoms with Crippen molar-refractivity contribution in [3.63, 3.8) is 0 Å². The van der Waals surface area contributed by atoms with Gasteiger partial charge in [-0.15, -0.1) is 0 Å². The number of carboxylic acid groups (broad SMARTS) is 1. The van der Waals surface area contributed by atoms with E-state index in [4.69, 9.17) is 0 Å². The number of nitrogens with one attached hydrogen (secondary N) is 1. The Morgan fingerprint density at radius 2 is 2.19 bits per heavy atom. The number of halogens is 1. The van der Waals surface area contributed by atoms with Crippen LogP contribution in [0.5, 0.6) is 0 Å². The first-order chi connectivity index (χ1) is 9.91. The zero-order valence-electron chi connectivity index (χ0n) is 11.9. The van der Waals surface area contributed by atoms with Gasteiger partial charge < -0.3 is 10.4 Å². The smallest absolute Gasteiger partial charge is 0.323 e. The molecule has 0 saturated carbocycles. The molecule has 1 heterocycles. The lowest BCUT2D eigenvalue weighted by molar-refractivity contribution is -0.153. The molecule has 1 aliphatic rings. The normalized spacial score (nSPS) is 22.8. The topological polar surface area (TPSA) is 69.6 Å². The Kier molecular flexibility index (Phi) is 5.21. The van der Waals surface area contributed by atoms with E-state index in [2.05, 4.69) is 27.9 Å². The van der Waals surface area contributed by atoms with Crippen molar-refractivity contribution in [2.45, 2.75) is 31.7 Å². The summed E-state index contributed by atoms with van der Waals surface area (Å²) in [6.07, 6.45) is 2.40. The average molecular weight is 402 g/mol. The second-order valence-electron chi connectivity index (χ2n) is 5.52. The Labute approximate surface area is 137 Å². The third kappa shape index (κ3) is 3.94. The molecule has 2 rings (SSSR count). The highest BCUT2D eigenvalue weighted by atomic mass is 127. The van der Waals surface area contributed by atoms with Crippen LogP contribution in [0.15, 0.2) is 24.3 Å².